The Bertz CT molecular complexity index is 3500. The number of anilines is 3. The molecule has 0 fully saturated rings. The summed E-state index contributed by atoms with van der Waals surface area (Å²) in [5.41, 5.74) is 9.86. The SMILES string of the molecule is c1ccc(-c2ccccc2N(c2ccc3c(c2)oc2cc4ccccc4cc23)c2ccc3sc4cccc(-c5ccc6c(c5)sc5ccccc56)c4c3c2)cc1. The van der Waals surface area contributed by atoms with Crippen molar-refractivity contribution in [1.29, 1.82) is 0 Å². The lowest BCUT2D eigenvalue weighted by atomic mass is 9.98. The van der Waals surface area contributed by atoms with Crippen LogP contribution in [-0.2, 0) is 0 Å². The average molecular weight is 750 g/mol. The fourth-order valence-electron chi connectivity index (χ4n) is 8.64. The van der Waals surface area contributed by atoms with Gasteiger partial charge in [-0.2, -0.15) is 0 Å². The van der Waals surface area contributed by atoms with E-state index in [9.17, 15) is 0 Å². The lowest BCUT2D eigenvalue weighted by molar-refractivity contribution is 0.669. The van der Waals surface area contributed by atoms with E-state index in [2.05, 4.69) is 193 Å². The molecule has 9 aromatic carbocycles. The van der Waals surface area contributed by atoms with Crippen LogP contribution in [0, 0.1) is 0 Å². The van der Waals surface area contributed by atoms with Crippen molar-refractivity contribution in [2.24, 2.45) is 0 Å². The number of nitrogens with zero attached hydrogens (tertiary/aromatic N) is 1. The highest BCUT2D eigenvalue weighted by Crippen LogP contribution is 2.47. The summed E-state index contributed by atoms with van der Waals surface area (Å²) in [6.07, 6.45) is 0. The second-order valence-electron chi connectivity index (χ2n) is 14.5. The van der Waals surface area contributed by atoms with E-state index in [1.807, 2.05) is 22.7 Å². The van der Waals surface area contributed by atoms with E-state index in [1.165, 1.54) is 67.8 Å². The van der Waals surface area contributed by atoms with Gasteiger partial charge in [0.05, 0.1) is 5.69 Å². The van der Waals surface area contributed by atoms with E-state index < -0.39 is 0 Å². The van der Waals surface area contributed by atoms with Crippen LogP contribution >= 0.6 is 22.7 Å². The van der Waals surface area contributed by atoms with Gasteiger partial charge in [0, 0.05) is 74.1 Å². The zero-order valence-electron chi connectivity index (χ0n) is 30.1. The molecule has 0 aliphatic carbocycles. The smallest absolute Gasteiger partial charge is 0.137 e. The number of furan rings is 1. The molecule has 0 saturated carbocycles. The molecule has 262 valence electrons. The molecule has 0 bridgehead atoms. The van der Waals surface area contributed by atoms with Crippen molar-refractivity contribution >= 4 is 113 Å². The molecular weight excluding hydrogens is 719 g/mol. The van der Waals surface area contributed by atoms with Gasteiger partial charge in [0.25, 0.3) is 0 Å². The summed E-state index contributed by atoms with van der Waals surface area (Å²) in [4.78, 5) is 2.40. The molecule has 12 rings (SSSR count). The Morgan fingerprint density at radius 1 is 0.357 bits per heavy atom. The zero-order valence-corrected chi connectivity index (χ0v) is 31.7. The third-order valence-electron chi connectivity index (χ3n) is 11.2. The highest BCUT2D eigenvalue weighted by atomic mass is 32.1. The maximum atomic E-state index is 6.64. The van der Waals surface area contributed by atoms with Crippen LogP contribution in [0.2, 0.25) is 0 Å². The number of hydrogen-bond donors (Lipinski definition) is 0. The second kappa shape index (κ2) is 12.4. The maximum absolute atomic E-state index is 6.64. The molecule has 0 unspecified atom stereocenters. The standard InChI is InChI=1S/C52H31NOS2/c1-2-11-32(12-3-1)38-15-6-8-18-45(38)53(37-22-25-40-43-27-33-13-4-5-14-34(33)28-46(43)54-47(40)31-37)36-23-26-49-44(30-36)52-39(17-10-20-50(52)55-49)35-21-24-42-41-16-7-9-19-48(41)56-51(42)29-35/h1-31H. The lowest BCUT2D eigenvalue weighted by Gasteiger charge is -2.28. The van der Waals surface area contributed by atoms with Crippen LogP contribution in [0.5, 0.6) is 0 Å². The first kappa shape index (κ1) is 31.6. The van der Waals surface area contributed by atoms with Crippen LogP contribution in [0.3, 0.4) is 0 Å². The molecule has 56 heavy (non-hydrogen) atoms. The normalized spacial score (nSPS) is 11.9. The Morgan fingerprint density at radius 2 is 1.02 bits per heavy atom. The molecule has 0 N–H and O–H groups in total. The Labute approximate surface area is 330 Å². The van der Waals surface area contributed by atoms with Crippen molar-refractivity contribution in [3.8, 4) is 22.3 Å². The Balaban J connectivity index is 1.08. The Morgan fingerprint density at radius 3 is 1.95 bits per heavy atom. The maximum Gasteiger partial charge on any atom is 0.137 e. The number of thiophene rings is 2. The van der Waals surface area contributed by atoms with Gasteiger partial charge in [-0.05, 0) is 94.2 Å². The average Bonchev–Trinajstić information content (AvgIpc) is 3.93. The Kier molecular flexibility index (Phi) is 7.00. The summed E-state index contributed by atoms with van der Waals surface area (Å²) in [6.45, 7) is 0. The summed E-state index contributed by atoms with van der Waals surface area (Å²) in [7, 11) is 0. The molecule has 4 heteroatoms. The van der Waals surface area contributed by atoms with Gasteiger partial charge in [-0.1, -0.05) is 115 Å². The van der Waals surface area contributed by atoms with Gasteiger partial charge in [-0.25, -0.2) is 0 Å². The van der Waals surface area contributed by atoms with E-state index in [1.54, 1.807) is 0 Å². The minimum atomic E-state index is 0.871. The van der Waals surface area contributed by atoms with Crippen LogP contribution in [0.25, 0.3) is 95.3 Å². The largest absolute Gasteiger partial charge is 0.456 e. The molecule has 3 aromatic heterocycles. The summed E-state index contributed by atoms with van der Waals surface area (Å²) >= 11 is 3.74. The third kappa shape index (κ3) is 4.93. The van der Waals surface area contributed by atoms with Gasteiger partial charge in [0.15, 0.2) is 0 Å². The van der Waals surface area contributed by atoms with Crippen LogP contribution in [-0.4, -0.2) is 0 Å². The monoisotopic (exact) mass is 749 g/mol. The first-order valence-corrected chi connectivity index (χ1v) is 20.5. The van der Waals surface area contributed by atoms with Crippen molar-refractivity contribution in [1.82, 2.24) is 0 Å². The van der Waals surface area contributed by atoms with Gasteiger partial charge >= 0.3 is 0 Å². The topological polar surface area (TPSA) is 16.4 Å². The molecule has 0 saturated heterocycles. The molecule has 0 spiro atoms. The first-order valence-electron chi connectivity index (χ1n) is 18.9. The zero-order chi connectivity index (χ0) is 36.7. The molecular formula is C52H31NOS2. The third-order valence-corrected chi connectivity index (χ3v) is 13.5. The summed E-state index contributed by atoms with van der Waals surface area (Å²) < 4.78 is 11.9. The fraction of sp³-hybridized carbons (Fsp3) is 0. The van der Waals surface area contributed by atoms with Gasteiger partial charge < -0.3 is 9.32 Å². The molecule has 0 radical (unpaired) electrons. The fourth-order valence-corrected chi connectivity index (χ4v) is 10.9. The second-order valence-corrected chi connectivity index (χ2v) is 16.6. The molecule has 0 atom stereocenters. The first-order chi connectivity index (χ1) is 27.7. The van der Waals surface area contributed by atoms with Gasteiger partial charge in [0.1, 0.15) is 11.2 Å². The van der Waals surface area contributed by atoms with E-state index in [0.717, 1.165) is 44.6 Å². The summed E-state index contributed by atoms with van der Waals surface area (Å²) in [5, 5.41) is 9.84. The highest BCUT2D eigenvalue weighted by molar-refractivity contribution is 7.26. The van der Waals surface area contributed by atoms with Gasteiger partial charge in [-0.3, -0.25) is 0 Å². The predicted molar refractivity (Wildman–Crippen MR) is 243 cm³/mol. The van der Waals surface area contributed by atoms with Crippen molar-refractivity contribution in [2.45, 2.75) is 0 Å². The number of rotatable bonds is 5. The minimum Gasteiger partial charge on any atom is -0.456 e. The predicted octanol–water partition coefficient (Wildman–Crippen LogP) is 16.3. The van der Waals surface area contributed by atoms with E-state index in [0.29, 0.717) is 0 Å². The van der Waals surface area contributed by atoms with Crippen LogP contribution in [0.15, 0.2) is 192 Å². The van der Waals surface area contributed by atoms with E-state index in [-0.39, 0.29) is 0 Å². The number of fused-ring (bicyclic) bond motifs is 10. The summed E-state index contributed by atoms with van der Waals surface area (Å²) in [6, 6.07) is 68.5. The number of hydrogen-bond acceptors (Lipinski definition) is 4. The van der Waals surface area contributed by atoms with Crippen LogP contribution in [0.1, 0.15) is 0 Å². The molecule has 12 aromatic rings. The molecule has 0 aliphatic rings. The van der Waals surface area contributed by atoms with Crippen molar-refractivity contribution in [2.75, 3.05) is 4.90 Å². The Hall–Kier alpha value is -6.72. The lowest BCUT2D eigenvalue weighted by Crippen LogP contribution is -2.11. The number of benzene rings is 9. The van der Waals surface area contributed by atoms with Crippen molar-refractivity contribution in [3.63, 3.8) is 0 Å². The van der Waals surface area contributed by atoms with Crippen molar-refractivity contribution < 1.29 is 4.42 Å². The minimum absolute atomic E-state index is 0.871. The van der Waals surface area contributed by atoms with Crippen LogP contribution in [0.4, 0.5) is 17.1 Å². The molecule has 3 heterocycles. The van der Waals surface area contributed by atoms with Crippen molar-refractivity contribution in [3.05, 3.63) is 188 Å². The summed E-state index contributed by atoms with van der Waals surface area (Å²) in [5.74, 6) is 0. The van der Waals surface area contributed by atoms with Gasteiger partial charge in [-0.15, -0.1) is 22.7 Å². The van der Waals surface area contributed by atoms with Crippen LogP contribution < -0.4 is 4.90 Å². The van der Waals surface area contributed by atoms with Gasteiger partial charge in [0.2, 0.25) is 0 Å². The highest BCUT2D eigenvalue weighted by Gasteiger charge is 2.21. The number of para-hydroxylation sites is 1. The van der Waals surface area contributed by atoms with E-state index >= 15 is 0 Å². The molecule has 0 aliphatic heterocycles. The van der Waals surface area contributed by atoms with E-state index in [4.69, 9.17) is 4.42 Å². The molecule has 2 nitrogen and oxygen atoms in total. The molecule has 0 amide bonds. The quantitative estimate of drug-likeness (QED) is 0.174.